The summed E-state index contributed by atoms with van der Waals surface area (Å²) in [6.07, 6.45) is 1.21. The molecule has 2 aromatic rings. The van der Waals surface area contributed by atoms with Gasteiger partial charge in [-0.3, -0.25) is 14.7 Å². The molecule has 0 radical (unpaired) electrons. The number of amides is 1. The van der Waals surface area contributed by atoms with Crippen molar-refractivity contribution in [1.29, 1.82) is 0 Å². The van der Waals surface area contributed by atoms with Crippen LogP contribution in [0.15, 0.2) is 35.3 Å². The fourth-order valence-electron chi connectivity index (χ4n) is 3.34. The molecule has 9 nitrogen and oxygen atoms in total. The van der Waals surface area contributed by atoms with Crippen molar-refractivity contribution in [2.75, 3.05) is 36.4 Å². The van der Waals surface area contributed by atoms with E-state index in [4.69, 9.17) is 5.73 Å². The highest BCUT2D eigenvalue weighted by Gasteiger charge is 2.36. The molecule has 4 rings (SSSR count). The zero-order valence-corrected chi connectivity index (χ0v) is 13.5. The van der Waals surface area contributed by atoms with Gasteiger partial charge in [0.25, 0.3) is 5.91 Å². The maximum atomic E-state index is 11.9. The van der Waals surface area contributed by atoms with Crippen LogP contribution in [0.25, 0.3) is 0 Å². The lowest BCUT2D eigenvalue weighted by atomic mass is 10.2. The standard InChI is InChI=1S/C16H19N7O2/c17-14(24)13-12(9-19-15(25)21-13)23-11-4-2-1-3-10(11)20-16(23)22-7-5-18-6-8-22/h1-4,9,16,18,20H,5-8H2,(H2,17,24)(H,19,21,25). The van der Waals surface area contributed by atoms with Crippen molar-refractivity contribution >= 4 is 23.0 Å². The number of benzene rings is 1. The summed E-state index contributed by atoms with van der Waals surface area (Å²) in [6, 6.07) is 7.81. The van der Waals surface area contributed by atoms with Crippen LogP contribution < -0.4 is 27.0 Å². The van der Waals surface area contributed by atoms with Crippen molar-refractivity contribution in [2.45, 2.75) is 6.29 Å². The number of carbonyl (C=O) groups excluding carboxylic acids is 1. The normalized spacial score (nSPS) is 20.2. The highest BCUT2D eigenvalue weighted by atomic mass is 16.2. The van der Waals surface area contributed by atoms with Gasteiger partial charge in [0.15, 0.2) is 6.29 Å². The van der Waals surface area contributed by atoms with Crippen LogP contribution in [0.1, 0.15) is 10.5 Å². The largest absolute Gasteiger partial charge is 0.364 e. The predicted octanol–water partition coefficient (Wildman–Crippen LogP) is -0.379. The molecule has 3 heterocycles. The quantitative estimate of drug-likeness (QED) is 0.601. The van der Waals surface area contributed by atoms with Gasteiger partial charge in [-0.2, -0.15) is 4.98 Å². The summed E-state index contributed by atoms with van der Waals surface area (Å²) in [5.41, 5.74) is 7.28. The number of hydrogen-bond acceptors (Lipinski definition) is 7. The van der Waals surface area contributed by atoms with Crippen LogP contribution in [0.4, 0.5) is 17.1 Å². The lowest BCUT2D eigenvalue weighted by Gasteiger charge is -2.38. The number of aromatic nitrogens is 2. The topological polar surface area (TPSA) is 119 Å². The monoisotopic (exact) mass is 341 g/mol. The summed E-state index contributed by atoms with van der Waals surface area (Å²) in [4.78, 5) is 33.9. The minimum Gasteiger partial charge on any atom is -0.364 e. The maximum absolute atomic E-state index is 11.9. The number of nitrogens with zero attached hydrogens (tertiary/aromatic N) is 3. The molecule has 9 heteroatoms. The van der Waals surface area contributed by atoms with Crippen molar-refractivity contribution < 1.29 is 4.79 Å². The number of para-hydroxylation sites is 2. The number of H-pyrrole nitrogens is 1. The van der Waals surface area contributed by atoms with Crippen molar-refractivity contribution in [3.63, 3.8) is 0 Å². The molecule has 1 unspecified atom stereocenters. The number of anilines is 3. The molecule has 1 aromatic heterocycles. The van der Waals surface area contributed by atoms with Gasteiger partial charge in [0.05, 0.1) is 23.3 Å². The van der Waals surface area contributed by atoms with Crippen LogP contribution in [-0.2, 0) is 0 Å². The number of hydrogen-bond donors (Lipinski definition) is 4. The van der Waals surface area contributed by atoms with E-state index in [0.717, 1.165) is 37.6 Å². The molecule has 0 spiro atoms. The zero-order valence-electron chi connectivity index (χ0n) is 13.5. The Labute approximate surface area is 143 Å². The molecule has 1 atom stereocenters. The Hall–Kier alpha value is -2.91. The molecular formula is C16H19N7O2. The van der Waals surface area contributed by atoms with Crippen molar-refractivity contribution in [1.82, 2.24) is 20.2 Å². The van der Waals surface area contributed by atoms with Crippen molar-refractivity contribution in [3.05, 3.63) is 46.6 Å². The molecule has 5 N–H and O–H groups in total. The fourth-order valence-corrected chi connectivity index (χ4v) is 3.34. The van der Waals surface area contributed by atoms with Gasteiger partial charge < -0.3 is 21.3 Å². The second kappa shape index (κ2) is 6.19. The molecule has 1 saturated heterocycles. The summed E-state index contributed by atoms with van der Waals surface area (Å²) in [5.74, 6) is -0.696. The maximum Gasteiger partial charge on any atom is 0.345 e. The molecule has 130 valence electrons. The number of fused-ring (bicyclic) bond motifs is 1. The third kappa shape index (κ3) is 2.73. The van der Waals surface area contributed by atoms with Gasteiger partial charge in [-0.15, -0.1) is 0 Å². The number of primary amides is 1. The van der Waals surface area contributed by atoms with Crippen LogP contribution in [-0.4, -0.2) is 53.2 Å². The second-order valence-corrected chi connectivity index (χ2v) is 6.00. The third-order valence-corrected chi connectivity index (χ3v) is 4.49. The predicted molar refractivity (Wildman–Crippen MR) is 93.8 cm³/mol. The van der Waals surface area contributed by atoms with Gasteiger partial charge in [-0.25, -0.2) is 4.79 Å². The number of nitrogens with one attached hydrogen (secondary N) is 3. The Balaban J connectivity index is 1.83. The van der Waals surface area contributed by atoms with Gasteiger partial charge in [-0.1, -0.05) is 12.1 Å². The van der Waals surface area contributed by atoms with E-state index in [2.05, 4.69) is 25.5 Å². The first-order valence-electron chi connectivity index (χ1n) is 8.14. The van der Waals surface area contributed by atoms with E-state index < -0.39 is 11.6 Å². The van der Waals surface area contributed by atoms with Gasteiger partial charge >= 0.3 is 5.69 Å². The third-order valence-electron chi connectivity index (χ3n) is 4.49. The van der Waals surface area contributed by atoms with E-state index in [9.17, 15) is 9.59 Å². The van der Waals surface area contributed by atoms with Crippen LogP contribution >= 0.6 is 0 Å². The van der Waals surface area contributed by atoms with Crippen LogP contribution in [0.5, 0.6) is 0 Å². The number of rotatable bonds is 3. The Bertz CT molecular complexity index is 860. The Kier molecular flexibility index (Phi) is 3.86. The number of aromatic amines is 1. The smallest absolute Gasteiger partial charge is 0.345 e. The van der Waals surface area contributed by atoms with E-state index in [1.54, 1.807) is 0 Å². The summed E-state index contributed by atoms with van der Waals surface area (Å²) < 4.78 is 0. The van der Waals surface area contributed by atoms with Gasteiger partial charge in [0.2, 0.25) is 0 Å². The zero-order chi connectivity index (χ0) is 17.4. The first-order valence-corrected chi connectivity index (χ1v) is 8.14. The van der Waals surface area contributed by atoms with Crippen molar-refractivity contribution in [2.24, 2.45) is 5.73 Å². The fraction of sp³-hybridized carbons (Fsp3) is 0.312. The Morgan fingerprint density at radius 2 is 1.96 bits per heavy atom. The van der Waals surface area contributed by atoms with Crippen molar-refractivity contribution in [3.8, 4) is 0 Å². The SMILES string of the molecule is NC(=O)c1[nH]c(=O)ncc1N1c2ccccc2NC1N1CCNCC1. The van der Waals surface area contributed by atoms with Crippen LogP contribution in [0.3, 0.4) is 0 Å². The molecule has 25 heavy (non-hydrogen) atoms. The minimum atomic E-state index is -0.696. The first kappa shape index (κ1) is 15.6. The van der Waals surface area contributed by atoms with E-state index in [1.807, 2.05) is 29.2 Å². The van der Waals surface area contributed by atoms with E-state index in [1.165, 1.54) is 6.20 Å². The van der Waals surface area contributed by atoms with Gasteiger partial charge in [0.1, 0.15) is 5.69 Å². The summed E-state index contributed by atoms with van der Waals surface area (Å²) in [6.45, 7) is 3.47. The molecule has 0 saturated carbocycles. The molecule has 1 fully saturated rings. The lowest BCUT2D eigenvalue weighted by molar-refractivity contribution is 0.0995. The number of carbonyl (C=O) groups is 1. The highest BCUT2D eigenvalue weighted by Crippen LogP contribution is 2.41. The lowest BCUT2D eigenvalue weighted by Crippen LogP contribution is -2.55. The molecule has 1 amide bonds. The molecule has 1 aromatic carbocycles. The Morgan fingerprint density at radius 3 is 2.72 bits per heavy atom. The summed E-state index contributed by atoms with van der Waals surface area (Å²) in [5, 5.41) is 6.81. The number of nitrogens with two attached hydrogens (primary N) is 1. The van der Waals surface area contributed by atoms with Crippen LogP contribution in [0, 0.1) is 0 Å². The molecule has 0 aliphatic carbocycles. The minimum absolute atomic E-state index is 0.0543. The van der Waals surface area contributed by atoms with Crippen LogP contribution in [0.2, 0.25) is 0 Å². The van der Waals surface area contributed by atoms with Gasteiger partial charge in [0, 0.05) is 26.2 Å². The van der Waals surface area contributed by atoms with Gasteiger partial charge in [-0.05, 0) is 12.1 Å². The average Bonchev–Trinajstić information content (AvgIpc) is 3.02. The molecule has 2 aliphatic heterocycles. The average molecular weight is 341 g/mol. The summed E-state index contributed by atoms with van der Waals surface area (Å²) >= 11 is 0. The number of piperazine rings is 1. The van der Waals surface area contributed by atoms with E-state index in [-0.39, 0.29) is 12.0 Å². The molecular weight excluding hydrogens is 322 g/mol. The van der Waals surface area contributed by atoms with E-state index >= 15 is 0 Å². The summed E-state index contributed by atoms with van der Waals surface area (Å²) in [7, 11) is 0. The Morgan fingerprint density at radius 1 is 1.20 bits per heavy atom. The highest BCUT2D eigenvalue weighted by molar-refractivity contribution is 5.98. The first-order chi connectivity index (χ1) is 12.1. The van der Waals surface area contributed by atoms with E-state index in [0.29, 0.717) is 5.69 Å². The molecule has 2 aliphatic rings. The molecule has 0 bridgehead atoms. The second-order valence-electron chi connectivity index (χ2n) is 6.00.